The molecule has 1 saturated carbocycles. The molecule has 3 aromatic rings. The van der Waals surface area contributed by atoms with Gasteiger partial charge in [-0.05, 0) is 67.8 Å². The molecule has 1 heterocycles. The molecular formula is C23H21N3O2S2. The number of anilines is 1. The molecule has 2 aromatic carbocycles. The summed E-state index contributed by atoms with van der Waals surface area (Å²) >= 11 is 3.23. The minimum Gasteiger partial charge on any atom is -0.349 e. The average Bonchev–Trinajstić information content (AvgIpc) is 3.47. The van der Waals surface area contributed by atoms with E-state index in [-0.39, 0.29) is 11.8 Å². The summed E-state index contributed by atoms with van der Waals surface area (Å²) in [6.45, 7) is 1.98. The third-order valence-electron chi connectivity index (χ3n) is 4.44. The number of nitrogens with zero attached hydrogens (tertiary/aromatic N) is 1. The summed E-state index contributed by atoms with van der Waals surface area (Å²) in [5.41, 5.74) is 3.25. The molecular weight excluding hydrogens is 414 g/mol. The first-order valence-corrected chi connectivity index (χ1v) is 11.3. The molecule has 2 amide bonds. The molecule has 2 N–H and O–H groups in total. The van der Waals surface area contributed by atoms with E-state index in [1.165, 1.54) is 6.08 Å². The van der Waals surface area contributed by atoms with Crippen molar-refractivity contribution in [3.05, 3.63) is 76.8 Å². The first kappa shape index (κ1) is 20.4. The van der Waals surface area contributed by atoms with Gasteiger partial charge >= 0.3 is 0 Å². The Hall–Kier alpha value is -2.90. The van der Waals surface area contributed by atoms with Crippen molar-refractivity contribution in [2.45, 2.75) is 35.0 Å². The molecule has 1 aliphatic rings. The zero-order valence-electron chi connectivity index (χ0n) is 16.4. The Bertz CT molecular complexity index is 1070. The van der Waals surface area contributed by atoms with Crippen LogP contribution in [0.1, 0.15) is 34.5 Å². The van der Waals surface area contributed by atoms with Gasteiger partial charge in [0.25, 0.3) is 5.91 Å². The van der Waals surface area contributed by atoms with Crippen molar-refractivity contribution in [1.82, 2.24) is 10.3 Å². The summed E-state index contributed by atoms with van der Waals surface area (Å²) in [4.78, 5) is 29.7. The molecule has 7 heteroatoms. The monoisotopic (exact) mass is 435 g/mol. The van der Waals surface area contributed by atoms with Gasteiger partial charge in [-0.15, -0.1) is 11.3 Å². The summed E-state index contributed by atoms with van der Waals surface area (Å²) in [6, 6.07) is 15.2. The fraction of sp³-hybridized carbons (Fsp3) is 0.174. The van der Waals surface area contributed by atoms with Crippen LogP contribution in [-0.4, -0.2) is 22.8 Å². The Balaban J connectivity index is 1.29. The number of amides is 2. The maximum absolute atomic E-state index is 12.2. The number of nitrogens with one attached hydrogen (secondary N) is 2. The maximum Gasteiger partial charge on any atom is 0.251 e. The third kappa shape index (κ3) is 5.81. The second kappa shape index (κ2) is 9.28. The topological polar surface area (TPSA) is 71.1 Å². The van der Waals surface area contributed by atoms with E-state index in [0.717, 1.165) is 39.0 Å². The number of benzene rings is 2. The van der Waals surface area contributed by atoms with Crippen LogP contribution in [0.3, 0.4) is 0 Å². The summed E-state index contributed by atoms with van der Waals surface area (Å²) in [7, 11) is 0. The van der Waals surface area contributed by atoms with Crippen LogP contribution >= 0.6 is 23.1 Å². The number of hydrogen-bond acceptors (Lipinski definition) is 5. The van der Waals surface area contributed by atoms with E-state index in [4.69, 9.17) is 0 Å². The fourth-order valence-corrected chi connectivity index (χ4v) is 4.49. The molecule has 0 bridgehead atoms. The van der Waals surface area contributed by atoms with Crippen LogP contribution < -0.4 is 10.6 Å². The zero-order chi connectivity index (χ0) is 20.9. The molecule has 30 heavy (non-hydrogen) atoms. The van der Waals surface area contributed by atoms with Crippen LogP contribution in [-0.2, 0) is 4.79 Å². The van der Waals surface area contributed by atoms with Crippen molar-refractivity contribution in [3.8, 4) is 0 Å². The van der Waals surface area contributed by atoms with Gasteiger partial charge in [0, 0.05) is 39.3 Å². The highest BCUT2D eigenvalue weighted by atomic mass is 32.2. The number of carbonyl (C=O) groups is 2. The van der Waals surface area contributed by atoms with E-state index in [9.17, 15) is 9.59 Å². The smallest absolute Gasteiger partial charge is 0.251 e. The van der Waals surface area contributed by atoms with E-state index in [1.54, 1.807) is 41.3 Å². The van der Waals surface area contributed by atoms with Crippen LogP contribution in [0.4, 0.5) is 5.69 Å². The van der Waals surface area contributed by atoms with E-state index in [1.807, 2.05) is 48.7 Å². The van der Waals surface area contributed by atoms with Crippen LogP contribution in [0.5, 0.6) is 0 Å². The van der Waals surface area contributed by atoms with Crippen molar-refractivity contribution in [2.24, 2.45) is 0 Å². The van der Waals surface area contributed by atoms with Crippen molar-refractivity contribution in [3.63, 3.8) is 0 Å². The number of hydrogen-bond donors (Lipinski definition) is 2. The van der Waals surface area contributed by atoms with Gasteiger partial charge in [0.1, 0.15) is 0 Å². The van der Waals surface area contributed by atoms with Gasteiger partial charge in [-0.2, -0.15) is 0 Å². The van der Waals surface area contributed by atoms with Gasteiger partial charge < -0.3 is 10.6 Å². The number of thiazole rings is 1. The van der Waals surface area contributed by atoms with Crippen LogP contribution in [0.15, 0.2) is 69.2 Å². The SMILES string of the molecule is Cc1csc(Sc2ccc(NC(=O)C=Cc3ccc(C(=O)NC4CC4)cc3)cc2)n1. The van der Waals surface area contributed by atoms with Gasteiger partial charge in [0.2, 0.25) is 5.91 Å². The molecule has 1 aliphatic carbocycles. The predicted molar refractivity (Wildman–Crippen MR) is 122 cm³/mol. The van der Waals surface area contributed by atoms with Crippen molar-refractivity contribution in [2.75, 3.05) is 5.32 Å². The molecule has 0 spiro atoms. The summed E-state index contributed by atoms with van der Waals surface area (Å²) in [6.07, 6.45) is 5.34. The summed E-state index contributed by atoms with van der Waals surface area (Å²) < 4.78 is 1.00. The Morgan fingerprint density at radius 3 is 2.47 bits per heavy atom. The number of rotatable bonds is 7. The highest BCUT2D eigenvalue weighted by Gasteiger charge is 2.23. The highest BCUT2D eigenvalue weighted by Crippen LogP contribution is 2.30. The quantitative estimate of drug-likeness (QED) is 0.504. The lowest BCUT2D eigenvalue weighted by Gasteiger charge is -2.04. The van der Waals surface area contributed by atoms with E-state index in [0.29, 0.717) is 11.6 Å². The van der Waals surface area contributed by atoms with Crippen molar-refractivity contribution in [1.29, 1.82) is 0 Å². The second-order valence-corrected chi connectivity index (χ2v) is 9.25. The number of aromatic nitrogens is 1. The maximum atomic E-state index is 12.2. The predicted octanol–water partition coefficient (Wildman–Crippen LogP) is 5.15. The van der Waals surface area contributed by atoms with Gasteiger partial charge in [0.15, 0.2) is 4.34 Å². The molecule has 0 unspecified atom stereocenters. The summed E-state index contributed by atoms with van der Waals surface area (Å²) in [5.74, 6) is -0.251. The largest absolute Gasteiger partial charge is 0.349 e. The third-order valence-corrected chi connectivity index (χ3v) is 6.50. The Labute approximate surface area is 183 Å². The highest BCUT2D eigenvalue weighted by molar-refractivity contribution is 8.01. The van der Waals surface area contributed by atoms with E-state index >= 15 is 0 Å². The molecule has 4 rings (SSSR count). The Kier molecular flexibility index (Phi) is 6.30. The molecule has 1 aromatic heterocycles. The lowest BCUT2D eigenvalue weighted by atomic mass is 10.1. The molecule has 5 nitrogen and oxygen atoms in total. The van der Waals surface area contributed by atoms with Crippen LogP contribution in [0.25, 0.3) is 6.08 Å². The standard InChI is InChI=1S/C23H21N3O2S2/c1-15-14-29-23(24-15)30-20-11-9-18(10-12-20)25-21(27)13-4-16-2-5-17(6-3-16)22(28)26-19-7-8-19/h2-6,9-14,19H,7-8H2,1H3,(H,25,27)(H,26,28). The average molecular weight is 436 g/mol. The van der Waals surface area contributed by atoms with Gasteiger partial charge in [-0.1, -0.05) is 23.9 Å². The van der Waals surface area contributed by atoms with Gasteiger partial charge in [0.05, 0.1) is 0 Å². The fourth-order valence-electron chi connectivity index (χ4n) is 2.68. The minimum atomic E-state index is -0.207. The van der Waals surface area contributed by atoms with E-state index in [2.05, 4.69) is 15.6 Å². The lowest BCUT2D eigenvalue weighted by Crippen LogP contribution is -2.25. The van der Waals surface area contributed by atoms with E-state index < -0.39 is 0 Å². The lowest BCUT2D eigenvalue weighted by molar-refractivity contribution is -0.111. The molecule has 152 valence electrons. The summed E-state index contributed by atoms with van der Waals surface area (Å²) in [5, 5.41) is 7.84. The Morgan fingerprint density at radius 1 is 1.10 bits per heavy atom. The molecule has 0 atom stereocenters. The zero-order valence-corrected chi connectivity index (χ0v) is 18.1. The van der Waals surface area contributed by atoms with Crippen LogP contribution in [0.2, 0.25) is 0 Å². The first-order chi connectivity index (χ1) is 14.5. The number of carbonyl (C=O) groups excluding carboxylic acids is 2. The minimum absolute atomic E-state index is 0.0441. The normalized spacial score (nSPS) is 13.4. The molecule has 0 aliphatic heterocycles. The van der Waals surface area contributed by atoms with Gasteiger partial charge in [-0.3, -0.25) is 9.59 Å². The molecule has 0 radical (unpaired) electrons. The van der Waals surface area contributed by atoms with Crippen molar-refractivity contribution < 1.29 is 9.59 Å². The van der Waals surface area contributed by atoms with Crippen molar-refractivity contribution >= 4 is 46.7 Å². The number of aryl methyl sites for hydroxylation is 1. The second-order valence-electron chi connectivity index (χ2n) is 7.07. The molecule has 1 fully saturated rings. The Morgan fingerprint density at radius 2 is 1.83 bits per heavy atom. The van der Waals surface area contributed by atoms with Crippen LogP contribution in [0, 0.1) is 6.92 Å². The first-order valence-electron chi connectivity index (χ1n) is 9.65. The molecule has 0 saturated heterocycles. The van der Waals surface area contributed by atoms with Gasteiger partial charge in [-0.25, -0.2) is 4.98 Å².